The molecule has 0 bridgehead atoms. The maximum absolute atomic E-state index is 9.14. The molecule has 0 radical (unpaired) electrons. The number of aryl methyl sites for hydroxylation is 3. The number of rotatable bonds is 3. The van der Waals surface area contributed by atoms with Crippen LogP contribution in [-0.4, -0.2) is 4.37 Å². The van der Waals surface area contributed by atoms with Crippen LogP contribution in [0.3, 0.4) is 0 Å². The summed E-state index contributed by atoms with van der Waals surface area (Å²) in [6.45, 7) is 6.06. The summed E-state index contributed by atoms with van der Waals surface area (Å²) in [5.74, 6) is 0. The molecular formula is C14H15N3S. The van der Waals surface area contributed by atoms with E-state index < -0.39 is 0 Å². The van der Waals surface area contributed by atoms with Gasteiger partial charge in [0.05, 0.1) is 5.69 Å². The number of hydrogen-bond donors (Lipinski definition) is 1. The molecule has 0 unspecified atom stereocenters. The average molecular weight is 257 g/mol. The average Bonchev–Trinajstić information content (AvgIpc) is 2.72. The van der Waals surface area contributed by atoms with Gasteiger partial charge in [0.25, 0.3) is 0 Å². The molecule has 1 N–H and O–H groups in total. The van der Waals surface area contributed by atoms with E-state index in [-0.39, 0.29) is 0 Å². The van der Waals surface area contributed by atoms with Crippen molar-refractivity contribution in [2.24, 2.45) is 0 Å². The first kappa shape index (κ1) is 12.6. The van der Waals surface area contributed by atoms with Crippen LogP contribution in [0.25, 0.3) is 0 Å². The lowest BCUT2D eigenvalue weighted by Gasteiger charge is -2.12. The van der Waals surface area contributed by atoms with Crippen molar-refractivity contribution in [1.29, 1.82) is 5.26 Å². The first-order valence-electron chi connectivity index (χ1n) is 5.89. The molecule has 0 atom stereocenters. The third-order valence-electron chi connectivity index (χ3n) is 2.95. The molecule has 3 nitrogen and oxygen atoms in total. The highest BCUT2D eigenvalue weighted by atomic mass is 32.1. The molecule has 0 aliphatic carbocycles. The van der Waals surface area contributed by atoms with Gasteiger partial charge in [0, 0.05) is 5.69 Å². The number of para-hydroxylation sites is 1. The van der Waals surface area contributed by atoms with Crippen LogP contribution in [-0.2, 0) is 6.42 Å². The monoisotopic (exact) mass is 257 g/mol. The molecule has 0 spiro atoms. The Bertz CT molecular complexity index is 608. The number of benzene rings is 1. The Balaban J connectivity index is 2.43. The van der Waals surface area contributed by atoms with Gasteiger partial charge in [-0.25, -0.2) is 0 Å². The fraction of sp³-hybridized carbons (Fsp3) is 0.286. The molecule has 1 aromatic carbocycles. The van der Waals surface area contributed by atoms with Crippen LogP contribution in [0.1, 0.15) is 29.3 Å². The zero-order valence-electron chi connectivity index (χ0n) is 10.7. The Kier molecular flexibility index (Phi) is 3.63. The highest BCUT2D eigenvalue weighted by Crippen LogP contribution is 2.31. The molecule has 1 heterocycles. The van der Waals surface area contributed by atoms with E-state index in [1.54, 1.807) is 0 Å². The highest BCUT2D eigenvalue weighted by molar-refractivity contribution is 7.10. The number of anilines is 2. The van der Waals surface area contributed by atoms with E-state index in [1.165, 1.54) is 22.7 Å². The van der Waals surface area contributed by atoms with E-state index >= 15 is 0 Å². The first-order chi connectivity index (χ1) is 8.67. The summed E-state index contributed by atoms with van der Waals surface area (Å²) in [7, 11) is 0. The Morgan fingerprint density at radius 3 is 2.83 bits per heavy atom. The molecule has 0 aliphatic rings. The van der Waals surface area contributed by atoms with Gasteiger partial charge in [-0.2, -0.15) is 9.64 Å². The predicted molar refractivity (Wildman–Crippen MR) is 75.4 cm³/mol. The van der Waals surface area contributed by atoms with Crippen LogP contribution in [0.5, 0.6) is 0 Å². The molecular weight excluding hydrogens is 242 g/mol. The lowest BCUT2D eigenvalue weighted by Crippen LogP contribution is -1.98. The molecule has 92 valence electrons. The van der Waals surface area contributed by atoms with Crippen molar-refractivity contribution in [3.05, 3.63) is 40.6 Å². The minimum absolute atomic E-state index is 0.644. The molecule has 0 saturated heterocycles. The number of aromatic nitrogens is 1. The molecule has 0 amide bonds. The fourth-order valence-electron chi connectivity index (χ4n) is 1.90. The molecule has 1 aromatic heterocycles. The number of nitriles is 1. The quantitative estimate of drug-likeness (QED) is 0.906. The van der Waals surface area contributed by atoms with Gasteiger partial charge in [-0.15, -0.1) is 0 Å². The van der Waals surface area contributed by atoms with Gasteiger partial charge >= 0.3 is 0 Å². The van der Waals surface area contributed by atoms with Crippen molar-refractivity contribution < 1.29 is 0 Å². The van der Waals surface area contributed by atoms with Gasteiger partial charge in [0.15, 0.2) is 0 Å². The Labute approximate surface area is 111 Å². The van der Waals surface area contributed by atoms with E-state index in [1.807, 2.05) is 6.92 Å². The maximum Gasteiger partial charge on any atom is 0.132 e. The SMILES string of the molecule is CCc1cccc(C)c1Nc1snc(C)c1C#N. The van der Waals surface area contributed by atoms with Crippen molar-refractivity contribution in [3.63, 3.8) is 0 Å². The maximum atomic E-state index is 9.14. The minimum Gasteiger partial charge on any atom is -0.344 e. The highest BCUT2D eigenvalue weighted by Gasteiger charge is 2.12. The Morgan fingerprint density at radius 1 is 1.39 bits per heavy atom. The summed E-state index contributed by atoms with van der Waals surface area (Å²) >= 11 is 1.34. The molecule has 0 saturated carbocycles. The standard InChI is InChI=1S/C14H15N3S/c1-4-11-7-5-6-9(2)13(11)16-14-12(8-15)10(3)17-18-14/h5-7,16H,4H2,1-3H3. The lowest BCUT2D eigenvalue weighted by atomic mass is 10.1. The van der Waals surface area contributed by atoms with E-state index in [0.717, 1.165) is 22.8 Å². The molecule has 0 aliphatic heterocycles. The third-order valence-corrected chi connectivity index (χ3v) is 3.81. The smallest absolute Gasteiger partial charge is 0.132 e. The normalized spacial score (nSPS) is 10.1. The van der Waals surface area contributed by atoms with Gasteiger partial charge in [0.2, 0.25) is 0 Å². The second-order valence-electron chi connectivity index (χ2n) is 4.17. The van der Waals surface area contributed by atoms with Gasteiger partial charge < -0.3 is 5.32 Å². The Morgan fingerprint density at radius 2 is 2.17 bits per heavy atom. The van der Waals surface area contributed by atoms with Crippen molar-refractivity contribution in [2.75, 3.05) is 5.32 Å². The van der Waals surface area contributed by atoms with Crippen molar-refractivity contribution >= 4 is 22.2 Å². The minimum atomic E-state index is 0.644. The van der Waals surface area contributed by atoms with Crippen molar-refractivity contribution in [3.8, 4) is 6.07 Å². The van der Waals surface area contributed by atoms with E-state index in [2.05, 4.69) is 47.8 Å². The fourth-order valence-corrected chi connectivity index (χ4v) is 2.65. The largest absolute Gasteiger partial charge is 0.344 e. The zero-order chi connectivity index (χ0) is 13.1. The number of nitrogens with one attached hydrogen (secondary N) is 1. The molecule has 0 fully saturated rings. The lowest BCUT2D eigenvalue weighted by molar-refractivity contribution is 1.13. The van der Waals surface area contributed by atoms with Gasteiger partial charge in [0.1, 0.15) is 16.6 Å². The van der Waals surface area contributed by atoms with E-state index in [4.69, 9.17) is 5.26 Å². The van der Waals surface area contributed by atoms with Gasteiger partial charge in [-0.1, -0.05) is 25.1 Å². The topological polar surface area (TPSA) is 48.7 Å². The van der Waals surface area contributed by atoms with E-state index in [9.17, 15) is 0 Å². The third kappa shape index (κ3) is 2.22. The number of hydrogen-bond acceptors (Lipinski definition) is 4. The van der Waals surface area contributed by atoms with Gasteiger partial charge in [-0.05, 0) is 42.9 Å². The summed E-state index contributed by atoms with van der Waals surface area (Å²) in [4.78, 5) is 0. The molecule has 4 heteroatoms. The van der Waals surface area contributed by atoms with Crippen LogP contribution in [0.15, 0.2) is 18.2 Å². The van der Waals surface area contributed by atoms with Crippen LogP contribution in [0.4, 0.5) is 10.7 Å². The zero-order valence-corrected chi connectivity index (χ0v) is 11.6. The predicted octanol–water partition coefficient (Wildman–Crippen LogP) is 3.94. The molecule has 2 aromatic rings. The second kappa shape index (κ2) is 5.19. The van der Waals surface area contributed by atoms with Crippen LogP contribution >= 0.6 is 11.5 Å². The van der Waals surface area contributed by atoms with Crippen LogP contribution in [0.2, 0.25) is 0 Å². The van der Waals surface area contributed by atoms with E-state index in [0.29, 0.717) is 5.56 Å². The summed E-state index contributed by atoms with van der Waals surface area (Å²) in [5.41, 5.74) is 4.97. The van der Waals surface area contributed by atoms with Gasteiger partial charge in [-0.3, -0.25) is 0 Å². The summed E-state index contributed by atoms with van der Waals surface area (Å²) < 4.78 is 4.23. The Hall–Kier alpha value is -1.86. The second-order valence-corrected chi connectivity index (χ2v) is 4.94. The molecule has 2 rings (SSSR count). The summed E-state index contributed by atoms with van der Waals surface area (Å²) in [6, 6.07) is 8.44. The van der Waals surface area contributed by atoms with Crippen molar-refractivity contribution in [2.45, 2.75) is 27.2 Å². The first-order valence-corrected chi connectivity index (χ1v) is 6.66. The van der Waals surface area contributed by atoms with Crippen molar-refractivity contribution in [1.82, 2.24) is 4.37 Å². The number of nitrogens with zero attached hydrogens (tertiary/aromatic N) is 2. The van der Waals surface area contributed by atoms with Crippen LogP contribution < -0.4 is 5.32 Å². The summed E-state index contributed by atoms with van der Waals surface area (Å²) in [6.07, 6.45) is 0.962. The van der Waals surface area contributed by atoms with Crippen LogP contribution in [0, 0.1) is 25.2 Å². The summed E-state index contributed by atoms with van der Waals surface area (Å²) in [5, 5.41) is 13.3. The molecule has 18 heavy (non-hydrogen) atoms.